The minimum atomic E-state index is -0.650. The smallest absolute Gasteiger partial charge is 0.410 e. The standard InChI is InChI=1S/C18H22N4O4S/c1-25-17(23)15-11-26-18(24)22(15)14-5-7-21(8-6-14)10-13-4-3-12(9-19)16(20-13)27-2/h3-4,14-15H,5-8,10-11H2,1-2H3/t15-/m0/s1. The largest absolute Gasteiger partial charge is 0.467 e. The van der Waals surface area contributed by atoms with Crippen LogP contribution in [0.25, 0.3) is 0 Å². The van der Waals surface area contributed by atoms with E-state index in [1.165, 1.54) is 23.8 Å². The van der Waals surface area contributed by atoms with Crippen LogP contribution in [-0.2, 0) is 20.8 Å². The molecule has 0 bridgehead atoms. The molecule has 1 amide bonds. The molecule has 2 fully saturated rings. The van der Waals surface area contributed by atoms with Crippen molar-refractivity contribution in [2.24, 2.45) is 0 Å². The van der Waals surface area contributed by atoms with Crippen LogP contribution in [0.2, 0.25) is 0 Å². The van der Waals surface area contributed by atoms with Gasteiger partial charge in [0.05, 0.1) is 18.4 Å². The summed E-state index contributed by atoms with van der Waals surface area (Å²) in [4.78, 5) is 32.3. The van der Waals surface area contributed by atoms with Crippen LogP contribution in [0.1, 0.15) is 24.1 Å². The molecule has 2 aliphatic rings. The number of hydrogen-bond acceptors (Lipinski definition) is 8. The molecule has 9 heteroatoms. The number of aromatic nitrogens is 1. The van der Waals surface area contributed by atoms with Gasteiger partial charge in [-0.2, -0.15) is 5.26 Å². The van der Waals surface area contributed by atoms with Crippen LogP contribution in [0, 0.1) is 11.3 Å². The minimum Gasteiger partial charge on any atom is -0.467 e. The highest BCUT2D eigenvalue weighted by molar-refractivity contribution is 7.98. The van der Waals surface area contributed by atoms with Crippen molar-refractivity contribution < 1.29 is 19.1 Å². The maximum atomic E-state index is 12.1. The van der Waals surface area contributed by atoms with E-state index in [0.717, 1.165) is 36.7 Å². The van der Waals surface area contributed by atoms with E-state index in [1.807, 2.05) is 18.4 Å². The number of cyclic esters (lactones) is 1. The van der Waals surface area contributed by atoms with Crippen molar-refractivity contribution in [1.82, 2.24) is 14.8 Å². The van der Waals surface area contributed by atoms with E-state index in [0.29, 0.717) is 12.1 Å². The highest BCUT2D eigenvalue weighted by Gasteiger charge is 2.43. The number of rotatable bonds is 5. The van der Waals surface area contributed by atoms with Crippen molar-refractivity contribution in [2.45, 2.75) is 36.5 Å². The Hall–Kier alpha value is -2.31. The molecule has 0 N–H and O–H groups in total. The van der Waals surface area contributed by atoms with Crippen LogP contribution in [-0.4, -0.2) is 72.0 Å². The molecule has 0 saturated carbocycles. The van der Waals surface area contributed by atoms with E-state index < -0.39 is 18.1 Å². The van der Waals surface area contributed by atoms with Gasteiger partial charge < -0.3 is 9.47 Å². The van der Waals surface area contributed by atoms with Crippen molar-refractivity contribution in [3.63, 3.8) is 0 Å². The van der Waals surface area contributed by atoms with Crippen molar-refractivity contribution in [1.29, 1.82) is 5.26 Å². The predicted octanol–water partition coefficient (Wildman–Crippen LogP) is 1.63. The lowest BCUT2D eigenvalue weighted by Gasteiger charge is -2.37. The van der Waals surface area contributed by atoms with Crippen LogP contribution in [0.3, 0.4) is 0 Å². The van der Waals surface area contributed by atoms with Crippen molar-refractivity contribution >= 4 is 23.8 Å². The maximum absolute atomic E-state index is 12.1. The molecule has 144 valence electrons. The molecule has 2 aliphatic heterocycles. The summed E-state index contributed by atoms with van der Waals surface area (Å²) in [6.07, 6.45) is 2.98. The third-order valence-electron chi connectivity index (χ3n) is 4.95. The lowest BCUT2D eigenvalue weighted by Crippen LogP contribution is -2.51. The first-order valence-electron chi connectivity index (χ1n) is 8.76. The van der Waals surface area contributed by atoms with E-state index >= 15 is 0 Å². The van der Waals surface area contributed by atoms with E-state index in [2.05, 4.69) is 16.0 Å². The maximum Gasteiger partial charge on any atom is 0.410 e. The number of carbonyl (C=O) groups excluding carboxylic acids is 2. The molecule has 0 spiro atoms. The van der Waals surface area contributed by atoms with Crippen LogP contribution < -0.4 is 0 Å². The predicted molar refractivity (Wildman–Crippen MR) is 98.0 cm³/mol. The van der Waals surface area contributed by atoms with Crippen LogP contribution in [0.4, 0.5) is 4.79 Å². The van der Waals surface area contributed by atoms with Gasteiger partial charge >= 0.3 is 12.1 Å². The molecular weight excluding hydrogens is 368 g/mol. The first-order valence-corrected chi connectivity index (χ1v) is 9.99. The average Bonchev–Trinajstić information content (AvgIpc) is 3.09. The monoisotopic (exact) mass is 390 g/mol. The molecule has 0 unspecified atom stereocenters. The van der Waals surface area contributed by atoms with Crippen LogP contribution in [0.15, 0.2) is 17.2 Å². The lowest BCUT2D eigenvalue weighted by atomic mass is 10.0. The quantitative estimate of drug-likeness (QED) is 0.553. The number of carbonyl (C=O) groups is 2. The SMILES string of the molecule is COC(=O)[C@@H]1COC(=O)N1C1CCN(Cc2ccc(C#N)c(SC)n2)CC1. The highest BCUT2D eigenvalue weighted by atomic mass is 32.2. The molecule has 1 atom stereocenters. The van der Waals surface area contributed by atoms with E-state index in [4.69, 9.17) is 14.7 Å². The van der Waals surface area contributed by atoms with Crippen LogP contribution >= 0.6 is 11.8 Å². The Labute approximate surface area is 162 Å². The van der Waals surface area contributed by atoms with E-state index in [9.17, 15) is 9.59 Å². The summed E-state index contributed by atoms with van der Waals surface area (Å²) in [5, 5.41) is 9.85. The summed E-state index contributed by atoms with van der Waals surface area (Å²) in [6, 6.07) is 5.16. The molecule has 1 aromatic heterocycles. The third kappa shape index (κ3) is 4.17. The Kier molecular flexibility index (Phi) is 6.19. The fourth-order valence-electron chi connectivity index (χ4n) is 3.55. The summed E-state index contributed by atoms with van der Waals surface area (Å²) >= 11 is 1.46. The number of pyridine rings is 1. The third-order valence-corrected chi connectivity index (χ3v) is 5.65. The number of amides is 1. The van der Waals surface area contributed by atoms with Gasteiger partial charge in [-0.05, 0) is 31.2 Å². The highest BCUT2D eigenvalue weighted by Crippen LogP contribution is 2.25. The second kappa shape index (κ2) is 8.59. The first-order chi connectivity index (χ1) is 13.1. The Morgan fingerprint density at radius 2 is 2.19 bits per heavy atom. The van der Waals surface area contributed by atoms with Gasteiger partial charge in [0.15, 0.2) is 6.04 Å². The number of hydrogen-bond donors (Lipinski definition) is 0. The molecule has 8 nitrogen and oxygen atoms in total. The molecule has 3 heterocycles. The summed E-state index contributed by atoms with van der Waals surface area (Å²) in [6.45, 7) is 2.33. The fraction of sp³-hybridized carbons (Fsp3) is 0.556. The Morgan fingerprint density at radius 3 is 2.81 bits per heavy atom. The molecule has 3 rings (SSSR count). The van der Waals surface area contributed by atoms with Gasteiger partial charge in [0, 0.05) is 25.7 Å². The molecule has 1 aromatic rings. The Bertz CT molecular complexity index is 758. The molecule has 0 radical (unpaired) electrons. The van der Waals surface area contributed by atoms with Gasteiger partial charge in [-0.3, -0.25) is 9.80 Å². The summed E-state index contributed by atoms with van der Waals surface area (Å²) in [5.74, 6) is -0.436. The zero-order valence-corrected chi connectivity index (χ0v) is 16.2. The summed E-state index contributed by atoms with van der Waals surface area (Å²) < 4.78 is 9.85. The number of methoxy groups -OCH3 is 1. The number of esters is 1. The molecular formula is C18H22N4O4S. The van der Waals surface area contributed by atoms with E-state index in [-0.39, 0.29) is 12.6 Å². The number of ether oxygens (including phenoxy) is 2. The lowest BCUT2D eigenvalue weighted by molar-refractivity contribution is -0.146. The normalized spacial score (nSPS) is 21.0. The minimum absolute atomic E-state index is 0.0315. The average molecular weight is 390 g/mol. The van der Waals surface area contributed by atoms with Gasteiger partial charge in [0.1, 0.15) is 17.7 Å². The first kappa shape index (κ1) is 19.5. The van der Waals surface area contributed by atoms with E-state index in [1.54, 1.807) is 0 Å². The molecule has 0 aliphatic carbocycles. The fourth-order valence-corrected chi connectivity index (χ4v) is 4.09. The van der Waals surface area contributed by atoms with Crippen molar-refractivity contribution in [3.05, 3.63) is 23.4 Å². The second-order valence-electron chi connectivity index (χ2n) is 6.50. The van der Waals surface area contributed by atoms with Gasteiger partial charge in [0.2, 0.25) is 0 Å². The number of thioether (sulfide) groups is 1. The zero-order valence-electron chi connectivity index (χ0n) is 15.4. The zero-order chi connectivity index (χ0) is 19.4. The molecule has 2 saturated heterocycles. The Morgan fingerprint density at radius 1 is 1.44 bits per heavy atom. The number of nitriles is 1. The van der Waals surface area contributed by atoms with Gasteiger partial charge in [-0.1, -0.05) is 0 Å². The van der Waals surface area contributed by atoms with Crippen LogP contribution in [0.5, 0.6) is 0 Å². The number of nitrogens with zero attached hydrogens (tertiary/aromatic N) is 4. The summed E-state index contributed by atoms with van der Waals surface area (Å²) in [5.41, 5.74) is 1.51. The van der Waals surface area contributed by atoms with Gasteiger partial charge in [-0.15, -0.1) is 11.8 Å². The molecule has 0 aromatic carbocycles. The molecule has 27 heavy (non-hydrogen) atoms. The van der Waals surface area contributed by atoms with Gasteiger partial charge in [0.25, 0.3) is 0 Å². The topological polar surface area (TPSA) is 95.8 Å². The second-order valence-corrected chi connectivity index (χ2v) is 7.30. The number of piperidine rings is 1. The van der Waals surface area contributed by atoms with Gasteiger partial charge in [-0.25, -0.2) is 14.6 Å². The Balaban J connectivity index is 1.60. The summed E-state index contributed by atoms with van der Waals surface area (Å²) in [7, 11) is 1.32. The number of likely N-dealkylation sites (tertiary alicyclic amines) is 1. The van der Waals surface area contributed by atoms with Crippen molar-refractivity contribution in [2.75, 3.05) is 33.1 Å². The van der Waals surface area contributed by atoms with Crippen molar-refractivity contribution in [3.8, 4) is 6.07 Å².